The van der Waals surface area contributed by atoms with E-state index in [4.69, 9.17) is 10.5 Å². The lowest BCUT2D eigenvalue weighted by molar-refractivity contribution is -0.126. The van der Waals surface area contributed by atoms with Crippen LogP contribution in [0.15, 0.2) is 24.3 Å². The number of hydrogen-bond acceptors (Lipinski definition) is 7. The molecule has 1 aromatic carbocycles. The first-order chi connectivity index (χ1) is 13.9. The van der Waals surface area contributed by atoms with Crippen LogP contribution in [0.1, 0.15) is 23.2 Å². The molecule has 0 radical (unpaired) electrons. The van der Waals surface area contributed by atoms with Crippen LogP contribution in [0.25, 0.3) is 0 Å². The van der Waals surface area contributed by atoms with Crippen LogP contribution in [-0.2, 0) is 14.3 Å². The van der Waals surface area contributed by atoms with Crippen LogP contribution in [-0.4, -0.2) is 60.4 Å². The zero-order valence-electron chi connectivity index (χ0n) is 15.7. The van der Waals surface area contributed by atoms with E-state index in [0.29, 0.717) is 6.54 Å². The van der Waals surface area contributed by atoms with E-state index in [1.165, 1.54) is 30.0 Å². The number of carbonyl (C=O) groups excluding carboxylic acids is 3. The molecule has 11 heteroatoms. The van der Waals surface area contributed by atoms with Gasteiger partial charge < -0.3 is 26.4 Å². The fraction of sp³-hybridized carbons (Fsp3) is 0.500. The lowest BCUT2D eigenvalue weighted by Gasteiger charge is -2.35. The molecule has 6 N–H and O–H groups in total. The van der Waals surface area contributed by atoms with E-state index < -0.39 is 35.3 Å². The molecule has 0 aliphatic carbocycles. The number of nitrogens with two attached hydrogens (primary N) is 1. The molecule has 0 spiro atoms. The van der Waals surface area contributed by atoms with Crippen molar-refractivity contribution in [3.05, 3.63) is 35.6 Å². The summed E-state index contributed by atoms with van der Waals surface area (Å²) in [6.45, 7) is 1.19. The van der Waals surface area contributed by atoms with Crippen LogP contribution < -0.4 is 27.0 Å². The summed E-state index contributed by atoms with van der Waals surface area (Å²) in [6, 6.07) is 4.38. The Bertz CT molecular complexity index is 762. The maximum atomic E-state index is 13.7. The molecule has 158 valence electrons. The maximum Gasteiger partial charge on any atom is 0.254 e. The minimum Gasteiger partial charge on any atom is -0.376 e. The number of amides is 3. The third kappa shape index (κ3) is 5.89. The second-order valence-electron chi connectivity index (χ2n) is 6.76. The van der Waals surface area contributed by atoms with Gasteiger partial charge in [-0.2, -0.15) is 0 Å². The van der Waals surface area contributed by atoms with Gasteiger partial charge in [0.1, 0.15) is 17.4 Å². The van der Waals surface area contributed by atoms with Gasteiger partial charge >= 0.3 is 0 Å². The van der Waals surface area contributed by atoms with Crippen LogP contribution in [0.2, 0.25) is 0 Å². The van der Waals surface area contributed by atoms with E-state index >= 15 is 0 Å². The average Bonchev–Trinajstić information content (AvgIpc) is 3.21. The van der Waals surface area contributed by atoms with Crippen molar-refractivity contribution in [1.82, 2.24) is 21.3 Å². The largest absolute Gasteiger partial charge is 0.376 e. The Hall–Kier alpha value is -2.21. The highest BCUT2D eigenvalue weighted by Crippen LogP contribution is 2.13. The zero-order chi connectivity index (χ0) is 20.8. The van der Waals surface area contributed by atoms with Gasteiger partial charge in [-0.05, 0) is 25.0 Å². The number of nitrogens with one attached hydrogen (secondary N) is 4. The minimum atomic E-state index is -1.08. The summed E-state index contributed by atoms with van der Waals surface area (Å²) < 4.78 is 19.2. The molecule has 2 aliphatic rings. The molecular weight excluding hydrogens is 401 g/mol. The number of rotatable bonds is 7. The summed E-state index contributed by atoms with van der Waals surface area (Å²) in [5, 5.41) is 10.8. The fourth-order valence-electron chi connectivity index (χ4n) is 3.05. The number of carbonyl (C=O) groups is 3. The Balaban J connectivity index is 1.44. The normalized spacial score (nSPS) is 26.6. The number of hydrogen-bond donors (Lipinski definition) is 5. The van der Waals surface area contributed by atoms with E-state index in [2.05, 4.69) is 21.3 Å². The summed E-state index contributed by atoms with van der Waals surface area (Å²) >= 11 is 1.17. The summed E-state index contributed by atoms with van der Waals surface area (Å²) in [6.07, 6.45) is 1.10. The molecule has 0 aromatic heterocycles. The first-order valence-corrected chi connectivity index (χ1v) is 10.4. The molecule has 9 nitrogen and oxygen atoms in total. The van der Waals surface area contributed by atoms with E-state index in [1.54, 1.807) is 0 Å². The van der Waals surface area contributed by atoms with Gasteiger partial charge in [-0.1, -0.05) is 12.1 Å². The molecule has 3 amide bonds. The quantitative estimate of drug-likeness (QED) is 0.388. The SMILES string of the molecule is NC1NC(SCC(=O)NCC2CCCO2)NC(=O)C1NC(=O)c1ccccc1F. The van der Waals surface area contributed by atoms with Gasteiger partial charge in [-0.25, -0.2) is 4.39 Å². The summed E-state index contributed by atoms with van der Waals surface area (Å²) in [5.41, 5.74) is 5.20. The van der Waals surface area contributed by atoms with Crippen LogP contribution >= 0.6 is 11.8 Å². The van der Waals surface area contributed by atoms with Crippen molar-refractivity contribution in [3.63, 3.8) is 0 Å². The zero-order valence-corrected chi connectivity index (χ0v) is 16.5. The van der Waals surface area contributed by atoms with Gasteiger partial charge in [0.05, 0.1) is 23.6 Å². The third-order valence-electron chi connectivity index (χ3n) is 4.60. The van der Waals surface area contributed by atoms with Crippen molar-refractivity contribution in [3.8, 4) is 0 Å². The van der Waals surface area contributed by atoms with E-state index in [1.807, 2.05) is 0 Å². The molecule has 4 unspecified atom stereocenters. The van der Waals surface area contributed by atoms with Crippen molar-refractivity contribution in [2.45, 2.75) is 36.7 Å². The van der Waals surface area contributed by atoms with Gasteiger partial charge in [0, 0.05) is 13.2 Å². The highest BCUT2D eigenvalue weighted by molar-refractivity contribution is 8.00. The van der Waals surface area contributed by atoms with Gasteiger partial charge in [0.15, 0.2) is 0 Å². The molecule has 0 bridgehead atoms. The highest BCUT2D eigenvalue weighted by Gasteiger charge is 2.35. The first kappa shape index (κ1) is 21.5. The van der Waals surface area contributed by atoms with Crippen molar-refractivity contribution >= 4 is 29.5 Å². The second-order valence-corrected chi connectivity index (χ2v) is 7.86. The van der Waals surface area contributed by atoms with Gasteiger partial charge in [-0.15, -0.1) is 11.8 Å². The Morgan fingerprint density at radius 2 is 2.14 bits per heavy atom. The van der Waals surface area contributed by atoms with E-state index in [0.717, 1.165) is 25.5 Å². The Morgan fingerprint density at radius 1 is 1.34 bits per heavy atom. The molecule has 29 heavy (non-hydrogen) atoms. The summed E-state index contributed by atoms with van der Waals surface area (Å²) in [4.78, 5) is 36.5. The van der Waals surface area contributed by atoms with Crippen molar-refractivity contribution < 1.29 is 23.5 Å². The molecule has 1 aromatic rings. The lowest BCUT2D eigenvalue weighted by atomic mass is 10.1. The van der Waals surface area contributed by atoms with Gasteiger partial charge in [0.25, 0.3) is 5.91 Å². The molecule has 3 rings (SSSR count). The monoisotopic (exact) mass is 425 g/mol. The summed E-state index contributed by atoms with van der Waals surface area (Å²) in [5.74, 6) is -2.00. The van der Waals surface area contributed by atoms with Crippen molar-refractivity contribution in [1.29, 1.82) is 0 Å². The molecular formula is C18H24FN5O4S. The average molecular weight is 425 g/mol. The van der Waals surface area contributed by atoms with Crippen molar-refractivity contribution in [2.24, 2.45) is 5.73 Å². The Morgan fingerprint density at radius 3 is 2.83 bits per heavy atom. The third-order valence-corrected chi connectivity index (χ3v) is 5.61. The first-order valence-electron chi connectivity index (χ1n) is 9.31. The predicted molar refractivity (Wildman–Crippen MR) is 105 cm³/mol. The molecule has 2 heterocycles. The van der Waals surface area contributed by atoms with Crippen LogP contribution in [0.4, 0.5) is 4.39 Å². The molecule has 0 saturated carbocycles. The van der Waals surface area contributed by atoms with Gasteiger partial charge in [0.2, 0.25) is 11.8 Å². The number of thioether (sulfide) groups is 1. The smallest absolute Gasteiger partial charge is 0.254 e. The topological polar surface area (TPSA) is 135 Å². The van der Waals surface area contributed by atoms with Crippen LogP contribution in [0.5, 0.6) is 0 Å². The van der Waals surface area contributed by atoms with E-state index in [9.17, 15) is 18.8 Å². The molecule has 2 saturated heterocycles. The second kappa shape index (κ2) is 10.0. The summed E-state index contributed by atoms with van der Waals surface area (Å²) in [7, 11) is 0. The van der Waals surface area contributed by atoms with Crippen LogP contribution in [0, 0.1) is 5.82 Å². The maximum absolute atomic E-state index is 13.7. The van der Waals surface area contributed by atoms with E-state index in [-0.39, 0.29) is 23.3 Å². The van der Waals surface area contributed by atoms with Crippen LogP contribution in [0.3, 0.4) is 0 Å². The standard InChI is InChI=1S/C18H24FN5O4S/c19-12-6-2-1-5-11(12)16(26)22-14-15(20)23-18(24-17(14)27)29-9-13(25)21-8-10-4-3-7-28-10/h1-2,5-6,10,14-15,18,23H,3-4,7-9,20H2,(H,21,25)(H,22,26)(H,24,27). The number of ether oxygens (including phenoxy) is 1. The Labute approximate surface area is 171 Å². The lowest BCUT2D eigenvalue weighted by Crippen LogP contribution is -2.70. The number of halogens is 1. The van der Waals surface area contributed by atoms with Crippen molar-refractivity contribution in [2.75, 3.05) is 18.9 Å². The molecule has 2 fully saturated rings. The minimum absolute atomic E-state index is 0.0590. The Kier molecular flexibility index (Phi) is 7.42. The van der Waals surface area contributed by atoms with Gasteiger partial charge in [-0.3, -0.25) is 19.7 Å². The fourth-order valence-corrected chi connectivity index (χ4v) is 3.92. The number of benzene rings is 1. The molecule has 2 aliphatic heterocycles. The molecule has 4 atom stereocenters. The predicted octanol–water partition coefficient (Wildman–Crippen LogP) is -0.760. The highest BCUT2D eigenvalue weighted by atomic mass is 32.2.